The van der Waals surface area contributed by atoms with Crippen LogP contribution in [0.2, 0.25) is 0 Å². The van der Waals surface area contributed by atoms with Crippen LogP contribution in [0, 0.1) is 0 Å². The zero-order valence-corrected chi connectivity index (χ0v) is 12.7. The molecule has 0 aliphatic heterocycles. The number of benzene rings is 2. The minimum absolute atomic E-state index is 0.543. The van der Waals surface area contributed by atoms with Gasteiger partial charge in [-0.2, -0.15) is 0 Å². The fourth-order valence-electron chi connectivity index (χ4n) is 1.77. The van der Waals surface area contributed by atoms with Crippen LogP contribution in [0.1, 0.15) is 0 Å². The van der Waals surface area contributed by atoms with Gasteiger partial charge in [-0.15, -0.1) is 0 Å². The molecule has 3 rings (SSSR count). The molecule has 2 aromatic carbocycles. The Bertz CT molecular complexity index is 714. The van der Waals surface area contributed by atoms with Crippen molar-refractivity contribution in [2.75, 3.05) is 0 Å². The summed E-state index contributed by atoms with van der Waals surface area (Å²) in [5.74, 6) is 2.82. The fourth-order valence-corrected chi connectivity index (χ4v) is 2.09. The van der Waals surface area contributed by atoms with Gasteiger partial charge >= 0.3 is 0 Å². The fraction of sp³-hybridized carbons (Fsp3) is 0. The van der Waals surface area contributed by atoms with Crippen LogP contribution in [-0.4, -0.2) is 4.98 Å². The maximum atomic E-state index is 5.72. The van der Waals surface area contributed by atoms with E-state index >= 15 is 0 Å². The summed E-state index contributed by atoms with van der Waals surface area (Å²) in [6, 6.07) is 22.6. The van der Waals surface area contributed by atoms with Crippen molar-refractivity contribution < 1.29 is 9.47 Å². The number of aromatic nitrogens is 1. The van der Waals surface area contributed by atoms with Gasteiger partial charge in [0, 0.05) is 6.07 Å². The Morgan fingerprint density at radius 3 is 1.90 bits per heavy atom. The van der Waals surface area contributed by atoms with Crippen LogP contribution < -0.4 is 9.47 Å². The number of halogens is 1. The first-order chi connectivity index (χ1) is 10.3. The van der Waals surface area contributed by atoms with E-state index in [4.69, 9.17) is 9.47 Å². The molecule has 0 aliphatic rings. The Kier molecular flexibility index (Phi) is 4.17. The number of hydrogen-bond acceptors (Lipinski definition) is 3. The topological polar surface area (TPSA) is 31.4 Å². The van der Waals surface area contributed by atoms with E-state index in [2.05, 4.69) is 20.9 Å². The molecule has 104 valence electrons. The van der Waals surface area contributed by atoms with Crippen LogP contribution in [0.3, 0.4) is 0 Å². The molecule has 21 heavy (non-hydrogen) atoms. The molecule has 1 aromatic heterocycles. The van der Waals surface area contributed by atoms with Gasteiger partial charge in [-0.25, -0.2) is 4.98 Å². The molecule has 0 saturated heterocycles. The first-order valence-electron chi connectivity index (χ1n) is 6.43. The minimum Gasteiger partial charge on any atom is -0.457 e. The molecule has 0 bridgehead atoms. The highest BCUT2D eigenvalue weighted by molar-refractivity contribution is 9.10. The lowest BCUT2D eigenvalue weighted by Gasteiger charge is -2.07. The zero-order valence-electron chi connectivity index (χ0n) is 11.1. The highest BCUT2D eigenvalue weighted by atomic mass is 79.9. The average Bonchev–Trinajstić information content (AvgIpc) is 2.50. The van der Waals surface area contributed by atoms with Crippen LogP contribution in [0.25, 0.3) is 0 Å². The van der Waals surface area contributed by atoms with Crippen LogP contribution in [0.15, 0.2) is 77.4 Å². The Balaban J connectivity index is 1.69. The molecular weight excluding hydrogens is 330 g/mol. The summed E-state index contributed by atoms with van der Waals surface area (Å²) in [4.78, 5) is 4.22. The van der Waals surface area contributed by atoms with Gasteiger partial charge in [0.15, 0.2) is 0 Å². The van der Waals surface area contributed by atoms with Crippen LogP contribution in [0.5, 0.6) is 23.1 Å². The molecule has 1 heterocycles. The summed E-state index contributed by atoms with van der Waals surface area (Å²) >= 11 is 3.31. The summed E-state index contributed by atoms with van der Waals surface area (Å²) in [5.41, 5.74) is 0. The number of pyridine rings is 1. The molecular formula is C17H12BrNO2. The minimum atomic E-state index is 0.543. The molecule has 0 fully saturated rings. The largest absolute Gasteiger partial charge is 0.457 e. The van der Waals surface area contributed by atoms with Gasteiger partial charge in [-0.3, -0.25) is 0 Å². The third-order valence-corrected chi connectivity index (χ3v) is 3.16. The smallest absolute Gasteiger partial charge is 0.220 e. The Hall–Kier alpha value is -2.33. The van der Waals surface area contributed by atoms with Gasteiger partial charge in [-0.05, 0) is 58.4 Å². The van der Waals surface area contributed by atoms with Gasteiger partial charge in [0.2, 0.25) is 5.88 Å². The lowest BCUT2D eigenvalue weighted by atomic mass is 10.3. The highest BCUT2D eigenvalue weighted by Crippen LogP contribution is 2.26. The lowest BCUT2D eigenvalue weighted by Crippen LogP contribution is -1.88. The zero-order chi connectivity index (χ0) is 14.5. The lowest BCUT2D eigenvalue weighted by molar-refractivity contribution is 0.456. The van der Waals surface area contributed by atoms with E-state index in [0.29, 0.717) is 11.6 Å². The Morgan fingerprint density at radius 2 is 1.24 bits per heavy atom. The third kappa shape index (κ3) is 3.83. The number of nitrogens with zero attached hydrogens (tertiary/aromatic N) is 1. The van der Waals surface area contributed by atoms with Crippen LogP contribution >= 0.6 is 15.9 Å². The first-order valence-corrected chi connectivity index (χ1v) is 7.22. The van der Waals surface area contributed by atoms with Crippen molar-refractivity contribution in [2.24, 2.45) is 0 Å². The SMILES string of the molecule is Brc1cccc(Oc2ccc(Oc3ccccc3)cc2)n1. The number of rotatable bonds is 4. The van der Waals surface area contributed by atoms with Gasteiger partial charge in [0.05, 0.1) is 0 Å². The highest BCUT2D eigenvalue weighted by Gasteiger charge is 2.01. The quantitative estimate of drug-likeness (QED) is 0.593. The van der Waals surface area contributed by atoms with E-state index in [1.165, 1.54) is 0 Å². The molecule has 0 aliphatic carbocycles. The van der Waals surface area contributed by atoms with E-state index < -0.39 is 0 Å². The van der Waals surface area contributed by atoms with Crippen molar-refractivity contribution in [1.29, 1.82) is 0 Å². The molecule has 0 atom stereocenters. The van der Waals surface area contributed by atoms with Crippen molar-refractivity contribution in [3.8, 4) is 23.1 Å². The van der Waals surface area contributed by atoms with Crippen molar-refractivity contribution in [3.05, 3.63) is 77.4 Å². The van der Waals surface area contributed by atoms with E-state index in [9.17, 15) is 0 Å². The second kappa shape index (κ2) is 6.41. The van der Waals surface area contributed by atoms with Gasteiger partial charge < -0.3 is 9.47 Å². The van der Waals surface area contributed by atoms with Gasteiger partial charge in [-0.1, -0.05) is 24.3 Å². The molecule has 0 saturated carbocycles. The molecule has 0 unspecified atom stereocenters. The second-order valence-corrected chi connectivity index (χ2v) is 5.10. The average molecular weight is 342 g/mol. The third-order valence-electron chi connectivity index (χ3n) is 2.71. The monoisotopic (exact) mass is 341 g/mol. The summed E-state index contributed by atoms with van der Waals surface area (Å²) in [7, 11) is 0. The molecule has 0 amide bonds. The number of ether oxygens (including phenoxy) is 2. The molecule has 0 spiro atoms. The standard InChI is InChI=1S/C17H12BrNO2/c18-16-7-4-8-17(19-16)21-15-11-9-14(10-12-15)20-13-5-2-1-3-6-13/h1-12H. The second-order valence-electron chi connectivity index (χ2n) is 4.29. The summed E-state index contributed by atoms with van der Waals surface area (Å²) in [6.07, 6.45) is 0. The van der Waals surface area contributed by atoms with E-state index in [-0.39, 0.29) is 0 Å². The summed E-state index contributed by atoms with van der Waals surface area (Å²) in [5, 5.41) is 0. The van der Waals surface area contributed by atoms with Crippen molar-refractivity contribution in [2.45, 2.75) is 0 Å². The van der Waals surface area contributed by atoms with Crippen molar-refractivity contribution in [1.82, 2.24) is 4.98 Å². The van der Waals surface area contributed by atoms with Crippen molar-refractivity contribution >= 4 is 15.9 Å². The predicted octanol–water partition coefficient (Wildman–Crippen LogP) is 5.43. The number of hydrogen-bond donors (Lipinski definition) is 0. The predicted molar refractivity (Wildman–Crippen MR) is 85.0 cm³/mol. The van der Waals surface area contributed by atoms with E-state index in [0.717, 1.165) is 16.1 Å². The van der Waals surface area contributed by atoms with Crippen LogP contribution in [0.4, 0.5) is 0 Å². The van der Waals surface area contributed by atoms with E-state index in [1.807, 2.05) is 66.7 Å². The van der Waals surface area contributed by atoms with Gasteiger partial charge in [0.1, 0.15) is 21.9 Å². The summed E-state index contributed by atoms with van der Waals surface area (Å²) in [6.45, 7) is 0. The Morgan fingerprint density at radius 1 is 0.619 bits per heavy atom. The number of para-hydroxylation sites is 1. The summed E-state index contributed by atoms with van der Waals surface area (Å²) < 4.78 is 12.1. The van der Waals surface area contributed by atoms with Crippen molar-refractivity contribution in [3.63, 3.8) is 0 Å². The van der Waals surface area contributed by atoms with E-state index in [1.54, 1.807) is 6.07 Å². The Labute approximate surface area is 131 Å². The first kappa shape index (κ1) is 13.6. The molecule has 0 radical (unpaired) electrons. The maximum Gasteiger partial charge on any atom is 0.220 e. The molecule has 0 N–H and O–H groups in total. The normalized spacial score (nSPS) is 10.1. The molecule has 3 aromatic rings. The molecule has 4 heteroatoms. The van der Waals surface area contributed by atoms with Gasteiger partial charge in [0.25, 0.3) is 0 Å². The van der Waals surface area contributed by atoms with Crippen LogP contribution in [-0.2, 0) is 0 Å². The molecule has 3 nitrogen and oxygen atoms in total. The maximum absolute atomic E-state index is 5.72.